The van der Waals surface area contributed by atoms with Crippen LogP contribution in [0.3, 0.4) is 0 Å². The zero-order valence-corrected chi connectivity index (χ0v) is 37.7. The van der Waals surface area contributed by atoms with Gasteiger partial charge in [0.1, 0.15) is 0 Å². The minimum atomic E-state index is -0.425. The Balaban J connectivity index is 0.758. The number of rotatable bonds is 11. The molecule has 59 heavy (non-hydrogen) atoms. The molecule has 8 aliphatic carbocycles. The van der Waals surface area contributed by atoms with E-state index in [1.165, 1.54) is 19.3 Å². The number of hydrogen-bond donors (Lipinski definition) is 7. The van der Waals surface area contributed by atoms with Gasteiger partial charge in [-0.15, -0.1) is 0 Å². The maximum absolute atomic E-state index is 13.0. The molecule has 8 saturated carbocycles. The van der Waals surface area contributed by atoms with E-state index >= 15 is 0 Å². The molecule has 336 valence electrons. The predicted molar refractivity (Wildman–Crippen MR) is 229 cm³/mol. The first-order valence-corrected chi connectivity index (χ1v) is 24.9. The third kappa shape index (κ3) is 7.48. The number of aliphatic hydroxyl groups is 5. The van der Waals surface area contributed by atoms with Crippen molar-refractivity contribution in [3.05, 3.63) is 0 Å². The van der Waals surface area contributed by atoms with Gasteiger partial charge in [-0.05, 0) is 202 Å². The average Bonchev–Trinajstić information content (AvgIpc) is 3.75. The Labute approximate surface area is 356 Å². The lowest BCUT2D eigenvalue weighted by Gasteiger charge is -2.63. The molecule has 0 saturated heterocycles. The van der Waals surface area contributed by atoms with E-state index in [1.54, 1.807) is 0 Å². The number of carbonyl (C=O) groups is 2. The summed E-state index contributed by atoms with van der Waals surface area (Å²) in [7, 11) is 0. The van der Waals surface area contributed by atoms with Gasteiger partial charge in [0, 0.05) is 25.9 Å². The van der Waals surface area contributed by atoms with Crippen LogP contribution < -0.4 is 10.6 Å². The van der Waals surface area contributed by atoms with E-state index < -0.39 is 6.10 Å². The molecule has 8 fully saturated rings. The Bertz CT molecular complexity index is 1530. The summed E-state index contributed by atoms with van der Waals surface area (Å²) in [6, 6.07) is 0. The Morgan fingerprint density at radius 2 is 1.05 bits per heavy atom. The van der Waals surface area contributed by atoms with E-state index in [4.69, 9.17) is 0 Å². The van der Waals surface area contributed by atoms with E-state index in [-0.39, 0.29) is 81.6 Å². The third-order valence-electron chi connectivity index (χ3n) is 21.4. The van der Waals surface area contributed by atoms with Crippen molar-refractivity contribution < 1.29 is 35.1 Å². The van der Waals surface area contributed by atoms with Crippen molar-refractivity contribution in [3.8, 4) is 0 Å². The molecule has 0 aromatic carbocycles. The molecule has 9 heteroatoms. The summed E-state index contributed by atoms with van der Waals surface area (Å²) < 4.78 is 0. The molecule has 0 aromatic rings. The molecule has 2 amide bonds. The summed E-state index contributed by atoms with van der Waals surface area (Å²) in [5.41, 5.74) is -0.0777. The monoisotopic (exact) mass is 825 g/mol. The molecule has 8 aliphatic rings. The summed E-state index contributed by atoms with van der Waals surface area (Å²) in [5, 5.41) is 62.4. The van der Waals surface area contributed by atoms with Crippen LogP contribution in [0.25, 0.3) is 0 Å². The van der Waals surface area contributed by atoms with Gasteiger partial charge in [0.05, 0.1) is 30.5 Å². The lowest BCUT2D eigenvalue weighted by atomic mass is 9.43. The first kappa shape index (κ1) is 44.4. The molecular formula is C50H84N2O7. The van der Waals surface area contributed by atoms with E-state index in [9.17, 15) is 35.1 Å². The van der Waals surface area contributed by atoms with Crippen LogP contribution in [0.4, 0.5) is 0 Å². The zero-order chi connectivity index (χ0) is 42.2. The molecule has 0 aromatic heterocycles. The number of fused-ring (bicyclic) bond motifs is 10. The number of amides is 2. The van der Waals surface area contributed by atoms with Crippen LogP contribution in [0.15, 0.2) is 0 Å². The molecule has 0 bridgehead atoms. The van der Waals surface area contributed by atoms with Gasteiger partial charge < -0.3 is 36.2 Å². The molecular weight excluding hydrogens is 741 g/mol. The van der Waals surface area contributed by atoms with Gasteiger partial charge in [-0.1, -0.05) is 41.5 Å². The molecule has 9 nitrogen and oxygen atoms in total. The van der Waals surface area contributed by atoms with Crippen LogP contribution in [-0.4, -0.2) is 81.0 Å². The first-order chi connectivity index (χ1) is 27.9. The second kappa shape index (κ2) is 16.7. The van der Waals surface area contributed by atoms with Crippen LogP contribution in [0.5, 0.6) is 0 Å². The Morgan fingerprint density at radius 1 is 0.559 bits per heavy atom. The third-order valence-corrected chi connectivity index (χ3v) is 21.4. The molecule has 8 rings (SSSR count). The minimum absolute atomic E-state index is 0.00528. The Kier molecular flexibility index (Phi) is 12.6. The van der Waals surface area contributed by atoms with E-state index in [0.29, 0.717) is 73.3 Å². The summed E-state index contributed by atoms with van der Waals surface area (Å²) in [6.45, 7) is 14.8. The summed E-state index contributed by atoms with van der Waals surface area (Å²) in [6.07, 6.45) is 15.6. The molecule has 7 N–H and O–H groups in total. The largest absolute Gasteiger partial charge is 0.393 e. The van der Waals surface area contributed by atoms with E-state index in [0.717, 1.165) is 89.9 Å². The molecule has 0 spiro atoms. The molecule has 0 aliphatic heterocycles. The normalized spacial score (nSPS) is 51.1. The smallest absolute Gasteiger partial charge is 0.220 e. The molecule has 21 atom stereocenters. The van der Waals surface area contributed by atoms with Crippen molar-refractivity contribution in [2.24, 2.45) is 92.7 Å². The lowest BCUT2D eigenvalue weighted by Crippen LogP contribution is -2.62. The highest BCUT2D eigenvalue weighted by Gasteiger charge is 2.66. The average molecular weight is 825 g/mol. The fourth-order valence-corrected chi connectivity index (χ4v) is 18.0. The summed E-state index contributed by atoms with van der Waals surface area (Å²) in [4.78, 5) is 26.0. The molecule has 0 heterocycles. The SMILES string of the molecule is C[C@H](CCC(=O)NCCNC(=O)CC[C@@H](C)[C@H]1CC[C@H]2[C@@H]3[C@H](O)CC4C[C@H](O)CC[C@]4(C)[C@H]3C[C@H](O)[C@]12C)[C@H]1CC[C@H]2[C@@H]3CCC4C[C@H](O)CC[C@]4(C)[C@H]3C[C@H](O)[C@]12C. The van der Waals surface area contributed by atoms with Gasteiger partial charge in [-0.2, -0.15) is 0 Å². The van der Waals surface area contributed by atoms with E-state index in [2.05, 4.69) is 52.2 Å². The Morgan fingerprint density at radius 3 is 1.63 bits per heavy atom. The van der Waals surface area contributed by atoms with Crippen molar-refractivity contribution >= 4 is 11.8 Å². The number of carbonyl (C=O) groups excluding carboxylic acids is 2. The highest BCUT2D eigenvalue weighted by Crippen LogP contribution is 2.70. The fraction of sp³-hybridized carbons (Fsp3) is 0.960. The van der Waals surface area contributed by atoms with Gasteiger partial charge in [0.2, 0.25) is 11.8 Å². The topological polar surface area (TPSA) is 159 Å². The van der Waals surface area contributed by atoms with E-state index in [1.807, 2.05) is 0 Å². The van der Waals surface area contributed by atoms with Crippen molar-refractivity contribution in [2.75, 3.05) is 13.1 Å². The van der Waals surface area contributed by atoms with Gasteiger partial charge in [0.25, 0.3) is 0 Å². The highest BCUT2D eigenvalue weighted by molar-refractivity contribution is 5.77. The Hall–Kier alpha value is -1.26. The van der Waals surface area contributed by atoms with Gasteiger partial charge in [-0.25, -0.2) is 0 Å². The quantitative estimate of drug-likeness (QED) is 0.111. The maximum Gasteiger partial charge on any atom is 0.220 e. The first-order valence-electron chi connectivity index (χ1n) is 24.9. The fourth-order valence-electron chi connectivity index (χ4n) is 18.0. The van der Waals surface area contributed by atoms with Crippen LogP contribution in [-0.2, 0) is 9.59 Å². The van der Waals surface area contributed by atoms with Gasteiger partial charge in [-0.3, -0.25) is 9.59 Å². The summed E-state index contributed by atoms with van der Waals surface area (Å²) >= 11 is 0. The van der Waals surface area contributed by atoms with Crippen LogP contribution in [0.2, 0.25) is 0 Å². The van der Waals surface area contributed by atoms with Crippen molar-refractivity contribution in [3.63, 3.8) is 0 Å². The number of aliphatic hydroxyl groups excluding tert-OH is 5. The number of nitrogens with one attached hydrogen (secondary N) is 2. The lowest BCUT2D eigenvalue weighted by molar-refractivity contribution is -0.207. The number of hydrogen-bond acceptors (Lipinski definition) is 7. The second-order valence-corrected chi connectivity index (χ2v) is 23.6. The highest BCUT2D eigenvalue weighted by atomic mass is 16.3. The minimum Gasteiger partial charge on any atom is -0.393 e. The van der Waals surface area contributed by atoms with Gasteiger partial charge in [0.15, 0.2) is 0 Å². The maximum atomic E-state index is 13.0. The van der Waals surface area contributed by atoms with Crippen molar-refractivity contribution in [2.45, 2.75) is 194 Å². The zero-order valence-electron chi connectivity index (χ0n) is 37.7. The molecule has 0 radical (unpaired) electrons. The predicted octanol–water partition coefficient (Wildman–Crippen LogP) is 7.00. The summed E-state index contributed by atoms with van der Waals surface area (Å²) in [5.74, 6) is 4.76. The standard InChI is InChI=1S/C50H84N2O7/c1-28(35-11-13-37-34-10-9-30-23-32(53)17-19-47(30,3)39(34)26-42(56)49(35,37)5)7-15-44(58)51-21-22-52-45(59)16-8-29(2)36-12-14-38-46-40(27-43(57)50(36,38)6)48(4)20-18-33(54)24-31(48)25-41(46)55/h28-43,46,53-57H,7-27H2,1-6H3,(H,51,58)(H,52,59)/t28-,29-,30?,31?,32-,33-,34+,35-,36-,37+,38+,39+,40+,41-,42+,43+,46+,47+,48+,49-,50-/m1/s1. The molecule has 2 unspecified atom stereocenters. The van der Waals surface area contributed by atoms with Crippen molar-refractivity contribution in [1.29, 1.82) is 0 Å². The van der Waals surface area contributed by atoms with Crippen molar-refractivity contribution in [1.82, 2.24) is 10.6 Å². The second-order valence-electron chi connectivity index (χ2n) is 23.6. The van der Waals surface area contributed by atoms with Crippen LogP contribution >= 0.6 is 0 Å². The van der Waals surface area contributed by atoms with Crippen LogP contribution in [0.1, 0.15) is 164 Å². The van der Waals surface area contributed by atoms with Gasteiger partial charge >= 0.3 is 0 Å². The van der Waals surface area contributed by atoms with Crippen LogP contribution in [0, 0.1) is 92.7 Å².